The number of nitrogens with zero attached hydrogens (tertiary/aromatic N) is 2. The van der Waals surface area contributed by atoms with E-state index in [2.05, 4.69) is 41.0 Å². The van der Waals surface area contributed by atoms with E-state index in [0.717, 1.165) is 23.9 Å². The van der Waals surface area contributed by atoms with Gasteiger partial charge in [0.2, 0.25) is 0 Å². The van der Waals surface area contributed by atoms with Crippen LogP contribution in [0.25, 0.3) is 0 Å². The molecule has 1 aliphatic heterocycles. The van der Waals surface area contributed by atoms with E-state index >= 15 is 0 Å². The minimum atomic E-state index is 0. The third-order valence-corrected chi connectivity index (χ3v) is 5.21. The van der Waals surface area contributed by atoms with Crippen molar-refractivity contribution < 1.29 is 28.5 Å². The van der Waals surface area contributed by atoms with Gasteiger partial charge in [0.25, 0.3) is 0 Å². The Morgan fingerprint density at radius 1 is 1.17 bits per heavy atom. The van der Waals surface area contributed by atoms with Gasteiger partial charge in [-0.1, -0.05) is 0 Å². The predicted octanol–water partition coefficient (Wildman–Crippen LogP) is -1.46. The van der Waals surface area contributed by atoms with Gasteiger partial charge >= 0.3 is 0 Å². The lowest BCUT2D eigenvalue weighted by molar-refractivity contribution is -0.671. The second-order valence-corrected chi connectivity index (χ2v) is 6.17. The molecule has 3 heteroatoms. The summed E-state index contributed by atoms with van der Waals surface area (Å²) in [7, 11) is 2.08. The highest BCUT2D eigenvalue weighted by Gasteiger charge is 2.62. The van der Waals surface area contributed by atoms with Crippen molar-refractivity contribution in [2.24, 2.45) is 18.9 Å². The van der Waals surface area contributed by atoms with Crippen LogP contribution in [-0.2, 0) is 13.5 Å². The van der Waals surface area contributed by atoms with Crippen LogP contribution in [0, 0.1) is 11.8 Å². The molecule has 0 N–H and O–H groups in total. The Morgan fingerprint density at radius 3 is 2.39 bits per heavy atom. The van der Waals surface area contributed by atoms with Gasteiger partial charge in [-0.2, -0.15) is 0 Å². The average Bonchev–Trinajstić information content (AvgIpc) is 2.74. The quantitative estimate of drug-likeness (QED) is 0.365. The summed E-state index contributed by atoms with van der Waals surface area (Å²) in [6.07, 6.45) is 10.1. The summed E-state index contributed by atoms with van der Waals surface area (Å²) in [4.78, 5) is 2.78. The molecular formula is C15H21IN2. The highest BCUT2D eigenvalue weighted by Crippen LogP contribution is 2.58. The molecule has 4 unspecified atom stereocenters. The van der Waals surface area contributed by atoms with E-state index in [9.17, 15) is 0 Å². The molecule has 3 aliphatic rings. The van der Waals surface area contributed by atoms with Gasteiger partial charge in [0.05, 0.1) is 0 Å². The zero-order valence-electron chi connectivity index (χ0n) is 10.9. The molecule has 0 aromatic carbocycles. The Bertz CT molecular complexity index is 415. The van der Waals surface area contributed by atoms with Crippen LogP contribution in [0.3, 0.4) is 0 Å². The summed E-state index contributed by atoms with van der Waals surface area (Å²) >= 11 is 0. The number of likely N-dealkylation sites (tertiary alicyclic amines) is 1. The van der Waals surface area contributed by atoms with Crippen molar-refractivity contribution in [3.8, 4) is 0 Å². The number of halogens is 1. The number of rotatable bonds is 3. The standard InChI is InChI=1S/C15H21N2.HI/c1-16-7-4-11(5-8-16)6-9-17-14-12-2-3-13(10-12)15(14)17;/h4-5,7-8,12-15H,2-3,6,9-10H2,1H3;1H/q+1;/p-1. The van der Waals surface area contributed by atoms with Gasteiger partial charge in [-0.25, -0.2) is 4.57 Å². The molecular weight excluding hydrogens is 335 g/mol. The fraction of sp³-hybridized carbons (Fsp3) is 0.667. The molecule has 1 aromatic heterocycles. The molecule has 4 atom stereocenters. The predicted molar refractivity (Wildman–Crippen MR) is 66.4 cm³/mol. The molecule has 18 heavy (non-hydrogen) atoms. The molecule has 2 bridgehead atoms. The summed E-state index contributed by atoms with van der Waals surface area (Å²) < 4.78 is 2.11. The van der Waals surface area contributed by atoms with Crippen molar-refractivity contribution in [3.63, 3.8) is 0 Å². The first-order chi connectivity index (χ1) is 8.33. The zero-order chi connectivity index (χ0) is 11.4. The number of aromatic nitrogens is 1. The molecule has 0 amide bonds. The zero-order valence-corrected chi connectivity index (χ0v) is 13.1. The van der Waals surface area contributed by atoms with E-state index in [1.54, 1.807) is 6.42 Å². The summed E-state index contributed by atoms with van der Waals surface area (Å²) in [6, 6.07) is 6.50. The largest absolute Gasteiger partial charge is 1.00 e. The summed E-state index contributed by atoms with van der Waals surface area (Å²) in [5.74, 6) is 2.14. The molecule has 3 fully saturated rings. The molecule has 0 spiro atoms. The first-order valence-electron chi connectivity index (χ1n) is 7.03. The van der Waals surface area contributed by atoms with Gasteiger partial charge in [-0.15, -0.1) is 0 Å². The maximum absolute atomic E-state index is 2.78. The number of hydrogen-bond donors (Lipinski definition) is 0. The van der Waals surface area contributed by atoms with Gasteiger partial charge in [-0.3, -0.25) is 4.90 Å². The Labute approximate surface area is 126 Å². The lowest BCUT2D eigenvalue weighted by Gasteiger charge is -2.11. The van der Waals surface area contributed by atoms with Crippen LogP contribution in [-0.4, -0.2) is 23.5 Å². The molecule has 2 heterocycles. The van der Waals surface area contributed by atoms with Crippen molar-refractivity contribution >= 4 is 0 Å². The maximum Gasteiger partial charge on any atom is 0.168 e. The second-order valence-electron chi connectivity index (χ2n) is 6.17. The Kier molecular flexibility index (Phi) is 3.39. The minimum absolute atomic E-state index is 0. The van der Waals surface area contributed by atoms with Gasteiger partial charge in [0.1, 0.15) is 7.05 Å². The van der Waals surface area contributed by atoms with Crippen LogP contribution in [0.4, 0.5) is 0 Å². The topological polar surface area (TPSA) is 6.89 Å². The Balaban J connectivity index is 0.000001000. The molecule has 2 aliphatic carbocycles. The normalized spacial score (nSPS) is 39.3. The monoisotopic (exact) mass is 356 g/mol. The number of hydrogen-bond acceptors (Lipinski definition) is 1. The SMILES string of the molecule is C[n+]1ccc(CCN2C3C4CCC(C4)C32)cc1.[I-]. The Hall–Kier alpha value is -0.160. The number of fused-ring (bicyclic) bond motifs is 5. The highest BCUT2D eigenvalue weighted by atomic mass is 127. The third-order valence-electron chi connectivity index (χ3n) is 5.21. The van der Waals surface area contributed by atoms with Crippen LogP contribution < -0.4 is 28.5 Å². The van der Waals surface area contributed by atoms with Crippen LogP contribution in [0.2, 0.25) is 0 Å². The van der Waals surface area contributed by atoms with E-state index < -0.39 is 0 Å². The van der Waals surface area contributed by atoms with Gasteiger partial charge in [0.15, 0.2) is 12.4 Å². The van der Waals surface area contributed by atoms with Crippen LogP contribution >= 0.6 is 0 Å². The van der Waals surface area contributed by atoms with Crippen LogP contribution in [0.5, 0.6) is 0 Å². The van der Waals surface area contributed by atoms with Crippen molar-refractivity contribution in [2.45, 2.75) is 37.8 Å². The summed E-state index contributed by atoms with van der Waals surface area (Å²) in [5.41, 5.74) is 1.49. The van der Waals surface area contributed by atoms with Crippen molar-refractivity contribution in [2.75, 3.05) is 6.54 Å². The van der Waals surface area contributed by atoms with Crippen molar-refractivity contribution in [1.29, 1.82) is 0 Å². The molecule has 1 aromatic rings. The van der Waals surface area contributed by atoms with E-state index in [1.165, 1.54) is 31.4 Å². The van der Waals surface area contributed by atoms with E-state index in [4.69, 9.17) is 0 Å². The maximum atomic E-state index is 2.78. The molecule has 2 saturated carbocycles. The Morgan fingerprint density at radius 2 is 1.78 bits per heavy atom. The fourth-order valence-corrected chi connectivity index (χ4v) is 4.35. The van der Waals surface area contributed by atoms with E-state index in [1.807, 2.05) is 0 Å². The van der Waals surface area contributed by atoms with E-state index in [-0.39, 0.29) is 24.0 Å². The lowest BCUT2D eigenvalue weighted by Crippen LogP contribution is -3.00. The first-order valence-corrected chi connectivity index (χ1v) is 7.03. The van der Waals surface area contributed by atoms with Crippen LogP contribution in [0.15, 0.2) is 24.5 Å². The number of pyridine rings is 1. The van der Waals surface area contributed by atoms with Gasteiger partial charge in [0, 0.05) is 30.8 Å². The lowest BCUT2D eigenvalue weighted by atomic mass is 10.0. The van der Waals surface area contributed by atoms with E-state index in [0.29, 0.717) is 0 Å². The summed E-state index contributed by atoms with van der Waals surface area (Å²) in [5, 5.41) is 0. The first kappa shape index (κ1) is 12.9. The number of aryl methyl sites for hydroxylation is 1. The smallest absolute Gasteiger partial charge is 0.168 e. The van der Waals surface area contributed by atoms with Gasteiger partial charge in [-0.05, 0) is 43.1 Å². The minimum Gasteiger partial charge on any atom is -1.00 e. The molecule has 98 valence electrons. The van der Waals surface area contributed by atoms with Crippen molar-refractivity contribution in [3.05, 3.63) is 30.1 Å². The summed E-state index contributed by atoms with van der Waals surface area (Å²) in [6.45, 7) is 1.29. The second kappa shape index (κ2) is 4.75. The molecule has 2 nitrogen and oxygen atoms in total. The third kappa shape index (κ3) is 1.99. The fourth-order valence-electron chi connectivity index (χ4n) is 4.35. The number of piperidine rings is 1. The molecule has 4 rings (SSSR count). The molecule has 0 radical (unpaired) electrons. The van der Waals surface area contributed by atoms with Crippen LogP contribution in [0.1, 0.15) is 24.8 Å². The highest BCUT2D eigenvalue weighted by molar-refractivity contribution is 5.19. The van der Waals surface area contributed by atoms with Crippen molar-refractivity contribution in [1.82, 2.24) is 4.90 Å². The molecule has 1 saturated heterocycles. The van der Waals surface area contributed by atoms with Gasteiger partial charge < -0.3 is 24.0 Å². The average molecular weight is 356 g/mol.